The van der Waals surface area contributed by atoms with Gasteiger partial charge in [0.2, 0.25) is 0 Å². The van der Waals surface area contributed by atoms with Crippen molar-refractivity contribution in [3.63, 3.8) is 0 Å². The van der Waals surface area contributed by atoms with Gasteiger partial charge in [-0.25, -0.2) is 0 Å². The lowest BCUT2D eigenvalue weighted by Crippen LogP contribution is -2.33. The van der Waals surface area contributed by atoms with Crippen LogP contribution in [0.5, 0.6) is 0 Å². The predicted molar refractivity (Wildman–Crippen MR) is 75.1 cm³/mol. The molecule has 0 heterocycles. The molecule has 0 spiro atoms. The first-order chi connectivity index (χ1) is 8.22. The standard InChI is InChI=1S/C16H31N/c1-4-12(3)8-16(17-5-2)11-15-10-13-6-7-14(15)9-13/h12-17H,4-11H2,1-3H3. The average molecular weight is 237 g/mol. The second kappa shape index (κ2) is 6.22. The first kappa shape index (κ1) is 13.4. The maximum absolute atomic E-state index is 3.73. The summed E-state index contributed by atoms with van der Waals surface area (Å²) in [6.45, 7) is 8.13. The van der Waals surface area contributed by atoms with Crippen molar-refractivity contribution < 1.29 is 0 Å². The third kappa shape index (κ3) is 3.47. The topological polar surface area (TPSA) is 12.0 Å². The molecule has 0 aliphatic heterocycles. The molecule has 2 bridgehead atoms. The van der Waals surface area contributed by atoms with Crippen LogP contribution >= 0.6 is 0 Å². The summed E-state index contributed by atoms with van der Waals surface area (Å²) in [6, 6.07) is 0.791. The van der Waals surface area contributed by atoms with Crippen LogP contribution in [0.2, 0.25) is 0 Å². The van der Waals surface area contributed by atoms with Gasteiger partial charge in [-0.2, -0.15) is 0 Å². The zero-order chi connectivity index (χ0) is 12.3. The highest BCUT2D eigenvalue weighted by Gasteiger charge is 2.39. The van der Waals surface area contributed by atoms with E-state index in [1.165, 1.54) is 25.7 Å². The van der Waals surface area contributed by atoms with Crippen molar-refractivity contribution in [3.8, 4) is 0 Å². The summed E-state index contributed by atoms with van der Waals surface area (Å²) in [5.74, 6) is 4.15. The molecule has 2 saturated carbocycles. The SMILES string of the molecule is CCNC(CC(C)CC)CC1CC2CCC1C2. The van der Waals surface area contributed by atoms with Crippen LogP contribution in [-0.2, 0) is 0 Å². The minimum absolute atomic E-state index is 0.791. The Bertz CT molecular complexity index is 226. The summed E-state index contributed by atoms with van der Waals surface area (Å²) in [6.07, 6.45) is 10.4. The van der Waals surface area contributed by atoms with Crippen LogP contribution < -0.4 is 5.32 Å². The lowest BCUT2D eigenvalue weighted by molar-refractivity contribution is 0.258. The van der Waals surface area contributed by atoms with E-state index in [-0.39, 0.29) is 0 Å². The van der Waals surface area contributed by atoms with E-state index in [4.69, 9.17) is 0 Å². The van der Waals surface area contributed by atoms with Crippen LogP contribution in [-0.4, -0.2) is 12.6 Å². The minimum atomic E-state index is 0.791. The van der Waals surface area contributed by atoms with Crippen molar-refractivity contribution in [2.24, 2.45) is 23.7 Å². The smallest absolute Gasteiger partial charge is 0.00722 e. The van der Waals surface area contributed by atoms with Crippen molar-refractivity contribution in [3.05, 3.63) is 0 Å². The van der Waals surface area contributed by atoms with Crippen molar-refractivity contribution >= 4 is 0 Å². The molecule has 0 saturated heterocycles. The van der Waals surface area contributed by atoms with Crippen LogP contribution in [0.15, 0.2) is 0 Å². The molecule has 0 aromatic heterocycles. The van der Waals surface area contributed by atoms with E-state index in [0.29, 0.717) is 0 Å². The van der Waals surface area contributed by atoms with Gasteiger partial charge in [-0.05, 0) is 62.3 Å². The summed E-state index contributed by atoms with van der Waals surface area (Å²) < 4.78 is 0. The second-order valence-corrected chi connectivity index (χ2v) is 6.67. The molecular weight excluding hydrogens is 206 g/mol. The van der Waals surface area contributed by atoms with Gasteiger partial charge in [0, 0.05) is 6.04 Å². The van der Waals surface area contributed by atoms with Crippen molar-refractivity contribution in [1.29, 1.82) is 0 Å². The van der Waals surface area contributed by atoms with Crippen LogP contribution in [0.25, 0.3) is 0 Å². The van der Waals surface area contributed by atoms with Gasteiger partial charge in [0.1, 0.15) is 0 Å². The minimum Gasteiger partial charge on any atom is -0.314 e. The van der Waals surface area contributed by atoms with E-state index in [1.54, 1.807) is 19.3 Å². The Labute approximate surface area is 108 Å². The first-order valence-corrected chi connectivity index (χ1v) is 7.96. The summed E-state index contributed by atoms with van der Waals surface area (Å²) >= 11 is 0. The Kier molecular flexibility index (Phi) is 4.90. The molecule has 1 heteroatoms. The molecule has 5 atom stereocenters. The van der Waals surface area contributed by atoms with Gasteiger partial charge in [-0.3, -0.25) is 0 Å². The maximum Gasteiger partial charge on any atom is 0.00722 e. The average Bonchev–Trinajstić information content (AvgIpc) is 2.91. The monoisotopic (exact) mass is 237 g/mol. The third-order valence-corrected chi connectivity index (χ3v) is 5.35. The fourth-order valence-corrected chi connectivity index (χ4v) is 4.23. The van der Waals surface area contributed by atoms with E-state index in [0.717, 1.165) is 36.3 Å². The molecule has 1 N–H and O–H groups in total. The van der Waals surface area contributed by atoms with Crippen LogP contribution in [0.3, 0.4) is 0 Å². The van der Waals surface area contributed by atoms with Gasteiger partial charge in [0.25, 0.3) is 0 Å². The Morgan fingerprint density at radius 1 is 1.18 bits per heavy atom. The largest absolute Gasteiger partial charge is 0.314 e. The molecule has 2 rings (SSSR count). The highest BCUT2D eigenvalue weighted by atomic mass is 14.9. The number of fused-ring (bicyclic) bond motifs is 2. The summed E-state index contributed by atoms with van der Waals surface area (Å²) in [5.41, 5.74) is 0. The molecular formula is C16H31N. The highest BCUT2D eigenvalue weighted by Crippen LogP contribution is 2.50. The molecule has 2 aliphatic carbocycles. The van der Waals surface area contributed by atoms with Gasteiger partial charge in [-0.1, -0.05) is 33.6 Å². The molecule has 100 valence electrons. The predicted octanol–water partition coefficient (Wildman–Crippen LogP) is 4.23. The Balaban J connectivity index is 1.80. The van der Waals surface area contributed by atoms with Crippen LogP contribution in [0.1, 0.15) is 65.7 Å². The molecule has 0 aromatic rings. The van der Waals surface area contributed by atoms with Gasteiger partial charge >= 0.3 is 0 Å². The summed E-state index contributed by atoms with van der Waals surface area (Å²) in [4.78, 5) is 0. The molecule has 5 unspecified atom stereocenters. The van der Waals surface area contributed by atoms with Crippen molar-refractivity contribution in [2.45, 2.75) is 71.8 Å². The molecule has 17 heavy (non-hydrogen) atoms. The van der Waals surface area contributed by atoms with Crippen molar-refractivity contribution in [1.82, 2.24) is 5.32 Å². The molecule has 1 nitrogen and oxygen atoms in total. The fraction of sp³-hybridized carbons (Fsp3) is 1.00. The zero-order valence-electron chi connectivity index (χ0n) is 12.0. The van der Waals surface area contributed by atoms with E-state index in [9.17, 15) is 0 Å². The Morgan fingerprint density at radius 2 is 2.00 bits per heavy atom. The van der Waals surface area contributed by atoms with Gasteiger partial charge in [0.15, 0.2) is 0 Å². The van der Waals surface area contributed by atoms with E-state index in [2.05, 4.69) is 26.1 Å². The summed E-state index contributed by atoms with van der Waals surface area (Å²) in [7, 11) is 0. The van der Waals surface area contributed by atoms with Gasteiger partial charge in [-0.15, -0.1) is 0 Å². The van der Waals surface area contributed by atoms with Crippen LogP contribution in [0, 0.1) is 23.7 Å². The number of rotatable bonds is 7. The molecule has 0 aromatic carbocycles. The Morgan fingerprint density at radius 3 is 2.53 bits per heavy atom. The zero-order valence-corrected chi connectivity index (χ0v) is 12.0. The lowest BCUT2D eigenvalue weighted by Gasteiger charge is -2.28. The maximum atomic E-state index is 3.73. The fourth-order valence-electron chi connectivity index (χ4n) is 4.23. The third-order valence-electron chi connectivity index (χ3n) is 5.35. The Hall–Kier alpha value is -0.0400. The molecule has 2 fully saturated rings. The quantitative estimate of drug-likeness (QED) is 0.699. The normalized spacial score (nSPS) is 35.1. The van der Waals surface area contributed by atoms with Crippen LogP contribution in [0.4, 0.5) is 0 Å². The van der Waals surface area contributed by atoms with E-state index in [1.807, 2.05) is 0 Å². The van der Waals surface area contributed by atoms with E-state index < -0.39 is 0 Å². The molecule has 2 aliphatic rings. The van der Waals surface area contributed by atoms with E-state index >= 15 is 0 Å². The number of hydrogen-bond acceptors (Lipinski definition) is 1. The van der Waals surface area contributed by atoms with Crippen molar-refractivity contribution in [2.75, 3.05) is 6.54 Å². The summed E-state index contributed by atoms with van der Waals surface area (Å²) in [5, 5.41) is 3.73. The highest BCUT2D eigenvalue weighted by molar-refractivity contribution is 4.91. The number of hydrogen-bond donors (Lipinski definition) is 1. The van der Waals surface area contributed by atoms with Gasteiger partial charge in [0.05, 0.1) is 0 Å². The van der Waals surface area contributed by atoms with Gasteiger partial charge < -0.3 is 5.32 Å². The molecule has 0 amide bonds. The second-order valence-electron chi connectivity index (χ2n) is 6.67. The number of nitrogens with one attached hydrogen (secondary N) is 1. The first-order valence-electron chi connectivity index (χ1n) is 7.96. The lowest BCUT2D eigenvalue weighted by atomic mass is 9.82. The molecule has 0 radical (unpaired) electrons.